The van der Waals surface area contributed by atoms with Crippen molar-refractivity contribution in [2.24, 2.45) is 5.92 Å². The molecule has 0 saturated carbocycles. The summed E-state index contributed by atoms with van der Waals surface area (Å²) in [5.74, 6) is -0.420. The van der Waals surface area contributed by atoms with Crippen LogP contribution in [-0.2, 0) is 19.6 Å². The van der Waals surface area contributed by atoms with Crippen molar-refractivity contribution in [1.82, 2.24) is 4.72 Å². The van der Waals surface area contributed by atoms with Gasteiger partial charge in [-0.05, 0) is 31.4 Å². The smallest absolute Gasteiger partial charge is 0.306 e. The number of carbonyl (C=O) groups is 1. The third kappa shape index (κ3) is 3.92. The van der Waals surface area contributed by atoms with Gasteiger partial charge in [-0.15, -0.1) is 6.58 Å². The maximum Gasteiger partial charge on any atom is 0.306 e. The van der Waals surface area contributed by atoms with E-state index in [0.717, 1.165) is 5.56 Å². The van der Waals surface area contributed by atoms with Gasteiger partial charge in [-0.3, -0.25) is 4.79 Å². The van der Waals surface area contributed by atoms with E-state index in [4.69, 9.17) is 4.74 Å². The second kappa shape index (κ2) is 6.41. The van der Waals surface area contributed by atoms with Gasteiger partial charge in [-0.1, -0.05) is 23.8 Å². The predicted octanol–water partition coefficient (Wildman–Crippen LogP) is 1.78. The number of allylic oxidation sites excluding steroid dienone is 1. The summed E-state index contributed by atoms with van der Waals surface area (Å²) in [6.07, 6.45) is 2.46. The van der Waals surface area contributed by atoms with Crippen molar-refractivity contribution >= 4 is 16.0 Å². The number of cyclic esters (lactones) is 1. The van der Waals surface area contributed by atoms with E-state index in [2.05, 4.69) is 11.3 Å². The van der Waals surface area contributed by atoms with Gasteiger partial charge in [0.15, 0.2) is 0 Å². The Morgan fingerprint density at radius 2 is 2.05 bits per heavy atom. The first kappa shape index (κ1) is 15.7. The van der Waals surface area contributed by atoms with Gasteiger partial charge in [0.05, 0.1) is 17.4 Å². The fourth-order valence-corrected chi connectivity index (χ4v) is 3.60. The zero-order chi connectivity index (χ0) is 15.5. The van der Waals surface area contributed by atoms with Crippen LogP contribution in [0.5, 0.6) is 0 Å². The normalized spacial score (nSPS) is 22.6. The summed E-state index contributed by atoms with van der Waals surface area (Å²) < 4.78 is 32.3. The Kier molecular flexibility index (Phi) is 4.80. The summed E-state index contributed by atoms with van der Waals surface area (Å²) in [6, 6.07) is 6.20. The fraction of sp³-hybridized carbons (Fsp3) is 0.400. The molecule has 0 unspecified atom stereocenters. The summed E-state index contributed by atoms with van der Waals surface area (Å²) in [5, 5.41) is 0. The summed E-state index contributed by atoms with van der Waals surface area (Å²) in [5.41, 5.74) is 0.991. The molecule has 5 nitrogen and oxygen atoms in total. The Morgan fingerprint density at radius 1 is 1.38 bits per heavy atom. The summed E-state index contributed by atoms with van der Waals surface area (Å²) in [7, 11) is -3.62. The van der Waals surface area contributed by atoms with Gasteiger partial charge in [0.1, 0.15) is 6.61 Å². The Balaban J connectivity index is 2.16. The molecular formula is C15H19NO4S. The molecule has 0 aromatic heterocycles. The fourth-order valence-electron chi connectivity index (χ4n) is 2.31. The van der Waals surface area contributed by atoms with Crippen molar-refractivity contribution in [2.45, 2.75) is 30.7 Å². The molecule has 0 spiro atoms. The second-order valence-electron chi connectivity index (χ2n) is 5.21. The Morgan fingerprint density at radius 3 is 2.67 bits per heavy atom. The van der Waals surface area contributed by atoms with Crippen molar-refractivity contribution in [3.63, 3.8) is 0 Å². The number of hydrogen-bond acceptors (Lipinski definition) is 4. The molecule has 114 valence electrons. The number of sulfonamides is 1. The van der Waals surface area contributed by atoms with E-state index >= 15 is 0 Å². The zero-order valence-corrected chi connectivity index (χ0v) is 12.7. The minimum absolute atomic E-state index is 0.0580. The predicted molar refractivity (Wildman–Crippen MR) is 79.2 cm³/mol. The number of nitrogens with one attached hydrogen (secondary N) is 1. The highest BCUT2D eigenvalue weighted by molar-refractivity contribution is 7.89. The molecule has 1 saturated heterocycles. The maximum atomic E-state index is 12.4. The Hall–Kier alpha value is -1.66. The first-order valence-electron chi connectivity index (χ1n) is 6.78. The lowest BCUT2D eigenvalue weighted by atomic mass is 9.92. The van der Waals surface area contributed by atoms with Crippen LogP contribution in [0.25, 0.3) is 0 Å². The van der Waals surface area contributed by atoms with Crippen LogP contribution in [0, 0.1) is 12.8 Å². The van der Waals surface area contributed by atoms with E-state index < -0.39 is 16.1 Å². The van der Waals surface area contributed by atoms with Crippen molar-refractivity contribution < 1.29 is 17.9 Å². The van der Waals surface area contributed by atoms with Crippen molar-refractivity contribution in [2.75, 3.05) is 6.61 Å². The number of rotatable bonds is 5. The number of esters is 1. The Bertz CT molecular complexity index is 622. The topological polar surface area (TPSA) is 72.5 Å². The maximum absolute atomic E-state index is 12.4. The van der Waals surface area contributed by atoms with Crippen molar-refractivity contribution in [3.8, 4) is 0 Å². The van der Waals surface area contributed by atoms with Crippen LogP contribution in [0.1, 0.15) is 18.4 Å². The van der Waals surface area contributed by atoms with Crippen LogP contribution in [0.2, 0.25) is 0 Å². The molecular weight excluding hydrogens is 290 g/mol. The quantitative estimate of drug-likeness (QED) is 0.665. The van der Waals surface area contributed by atoms with Gasteiger partial charge < -0.3 is 4.74 Å². The van der Waals surface area contributed by atoms with Crippen molar-refractivity contribution in [1.29, 1.82) is 0 Å². The highest BCUT2D eigenvalue weighted by Gasteiger charge is 2.33. The van der Waals surface area contributed by atoms with Gasteiger partial charge in [0.2, 0.25) is 10.0 Å². The van der Waals surface area contributed by atoms with E-state index in [9.17, 15) is 13.2 Å². The molecule has 21 heavy (non-hydrogen) atoms. The van der Waals surface area contributed by atoms with Crippen molar-refractivity contribution in [3.05, 3.63) is 42.5 Å². The number of ether oxygens (including phenoxy) is 1. The monoisotopic (exact) mass is 309 g/mol. The number of benzene rings is 1. The third-order valence-corrected chi connectivity index (χ3v) is 5.03. The molecule has 0 aliphatic carbocycles. The van der Waals surface area contributed by atoms with Gasteiger partial charge in [0.25, 0.3) is 0 Å². The van der Waals surface area contributed by atoms with Crippen LogP contribution in [0.3, 0.4) is 0 Å². The number of aryl methyl sites for hydroxylation is 1. The van der Waals surface area contributed by atoms with Gasteiger partial charge in [-0.2, -0.15) is 0 Å². The lowest BCUT2D eigenvalue weighted by molar-refractivity contribution is -0.150. The van der Waals surface area contributed by atoms with E-state index in [1.54, 1.807) is 30.3 Å². The van der Waals surface area contributed by atoms with E-state index in [1.165, 1.54) is 0 Å². The van der Waals surface area contributed by atoms with E-state index in [-0.39, 0.29) is 29.8 Å². The SMILES string of the molecule is C=CC[C@H]1CC(=O)OC[C@H]1NS(=O)(=O)c1ccc(C)cc1. The first-order chi connectivity index (χ1) is 9.92. The molecule has 1 aliphatic heterocycles. The highest BCUT2D eigenvalue weighted by Crippen LogP contribution is 2.22. The van der Waals surface area contributed by atoms with Crippen LogP contribution in [0.15, 0.2) is 41.8 Å². The van der Waals surface area contributed by atoms with E-state index in [1.807, 2.05) is 6.92 Å². The minimum atomic E-state index is -3.62. The van der Waals surface area contributed by atoms with Gasteiger partial charge >= 0.3 is 5.97 Å². The molecule has 0 bridgehead atoms. The molecule has 1 aromatic rings. The molecule has 0 radical (unpaired) electrons. The molecule has 0 amide bonds. The zero-order valence-electron chi connectivity index (χ0n) is 11.9. The van der Waals surface area contributed by atoms with Crippen LogP contribution >= 0.6 is 0 Å². The number of hydrogen-bond donors (Lipinski definition) is 1. The molecule has 2 atom stereocenters. The molecule has 1 heterocycles. The summed E-state index contributed by atoms with van der Waals surface area (Å²) >= 11 is 0. The lowest BCUT2D eigenvalue weighted by Gasteiger charge is -2.30. The van der Waals surface area contributed by atoms with Crippen LogP contribution in [-0.4, -0.2) is 27.0 Å². The lowest BCUT2D eigenvalue weighted by Crippen LogP contribution is -2.47. The van der Waals surface area contributed by atoms with Crippen LogP contribution in [0.4, 0.5) is 0 Å². The molecule has 1 N–H and O–H groups in total. The molecule has 1 aliphatic rings. The molecule has 2 rings (SSSR count). The van der Waals surface area contributed by atoms with E-state index in [0.29, 0.717) is 6.42 Å². The molecule has 1 aromatic carbocycles. The summed E-state index contributed by atoms with van der Waals surface area (Å²) in [4.78, 5) is 11.5. The third-order valence-electron chi connectivity index (χ3n) is 3.53. The average Bonchev–Trinajstić information content (AvgIpc) is 2.42. The molecule has 6 heteroatoms. The average molecular weight is 309 g/mol. The largest absolute Gasteiger partial charge is 0.464 e. The van der Waals surface area contributed by atoms with Crippen LogP contribution < -0.4 is 4.72 Å². The minimum Gasteiger partial charge on any atom is -0.464 e. The van der Waals surface area contributed by atoms with Gasteiger partial charge in [0, 0.05) is 0 Å². The number of carbonyl (C=O) groups excluding carboxylic acids is 1. The van der Waals surface area contributed by atoms with Gasteiger partial charge in [-0.25, -0.2) is 13.1 Å². The standard InChI is InChI=1S/C15H19NO4S/c1-3-4-12-9-15(17)20-10-14(12)16-21(18,19)13-7-5-11(2)6-8-13/h3,5-8,12,14,16H,1,4,9-10H2,2H3/t12-,14+/m0/s1. The highest BCUT2D eigenvalue weighted by atomic mass is 32.2. The summed E-state index contributed by atoms with van der Waals surface area (Å²) in [6.45, 7) is 5.60. The molecule has 1 fully saturated rings. The second-order valence-corrected chi connectivity index (χ2v) is 6.93. The Labute approximate surface area is 125 Å². The first-order valence-corrected chi connectivity index (χ1v) is 8.26.